The van der Waals surface area contributed by atoms with Crippen LogP contribution >= 0.6 is 0 Å². The first-order valence-electron chi connectivity index (χ1n) is 8.80. The summed E-state index contributed by atoms with van der Waals surface area (Å²) < 4.78 is 0. The Morgan fingerprint density at radius 3 is 2.38 bits per heavy atom. The second kappa shape index (κ2) is 7.35. The van der Waals surface area contributed by atoms with E-state index in [0.717, 1.165) is 24.1 Å². The SMILES string of the molecule is O=C(c1ccnc(NC2CC2)n1)N(Cc1ccccc1)c1ccccc1. The molecule has 3 aromatic rings. The van der Waals surface area contributed by atoms with Crippen molar-refractivity contribution in [3.63, 3.8) is 0 Å². The molecule has 0 unspecified atom stereocenters. The van der Waals surface area contributed by atoms with Gasteiger partial charge in [-0.05, 0) is 36.6 Å². The predicted octanol–water partition coefficient (Wildman–Crippen LogP) is 3.90. The lowest BCUT2D eigenvalue weighted by atomic mass is 10.2. The van der Waals surface area contributed by atoms with Gasteiger partial charge >= 0.3 is 0 Å². The van der Waals surface area contributed by atoms with Gasteiger partial charge in [0.05, 0.1) is 6.54 Å². The molecule has 26 heavy (non-hydrogen) atoms. The summed E-state index contributed by atoms with van der Waals surface area (Å²) in [5.41, 5.74) is 2.30. The number of para-hydroxylation sites is 1. The molecule has 1 aliphatic rings. The van der Waals surface area contributed by atoms with Crippen molar-refractivity contribution in [3.8, 4) is 0 Å². The van der Waals surface area contributed by atoms with Crippen molar-refractivity contribution >= 4 is 17.5 Å². The summed E-state index contributed by atoms with van der Waals surface area (Å²) >= 11 is 0. The third kappa shape index (κ3) is 3.88. The number of carbonyl (C=O) groups excluding carboxylic acids is 1. The van der Waals surface area contributed by atoms with Gasteiger partial charge in [0.2, 0.25) is 5.95 Å². The van der Waals surface area contributed by atoms with Crippen LogP contribution < -0.4 is 10.2 Å². The Morgan fingerprint density at radius 2 is 1.69 bits per heavy atom. The molecule has 1 amide bonds. The number of rotatable bonds is 6. The number of carbonyl (C=O) groups is 1. The first-order chi connectivity index (χ1) is 12.8. The Balaban J connectivity index is 1.63. The number of hydrogen-bond acceptors (Lipinski definition) is 4. The third-order valence-electron chi connectivity index (χ3n) is 4.28. The normalized spacial score (nSPS) is 13.2. The van der Waals surface area contributed by atoms with E-state index >= 15 is 0 Å². The molecule has 0 radical (unpaired) electrons. The lowest BCUT2D eigenvalue weighted by molar-refractivity contribution is 0.0980. The largest absolute Gasteiger partial charge is 0.351 e. The zero-order valence-electron chi connectivity index (χ0n) is 14.4. The van der Waals surface area contributed by atoms with E-state index in [1.165, 1.54) is 0 Å². The standard InChI is InChI=1S/C21H20N4O/c26-20(19-13-14-22-21(24-19)23-17-11-12-17)25(18-9-5-2-6-10-18)15-16-7-3-1-4-8-16/h1-10,13-14,17H,11-12,15H2,(H,22,23,24). The minimum absolute atomic E-state index is 0.138. The number of amides is 1. The predicted molar refractivity (Wildman–Crippen MR) is 102 cm³/mol. The summed E-state index contributed by atoms with van der Waals surface area (Å²) in [6.45, 7) is 0.485. The molecule has 0 atom stereocenters. The monoisotopic (exact) mass is 344 g/mol. The van der Waals surface area contributed by atoms with Gasteiger partial charge in [0.15, 0.2) is 0 Å². The maximum atomic E-state index is 13.2. The average Bonchev–Trinajstić information content (AvgIpc) is 3.51. The van der Waals surface area contributed by atoms with E-state index in [1.54, 1.807) is 17.2 Å². The fourth-order valence-corrected chi connectivity index (χ4v) is 2.75. The van der Waals surface area contributed by atoms with Gasteiger partial charge < -0.3 is 10.2 Å². The molecule has 1 saturated carbocycles. The number of nitrogens with zero attached hydrogens (tertiary/aromatic N) is 3. The fraction of sp³-hybridized carbons (Fsp3) is 0.190. The van der Waals surface area contributed by atoms with Crippen LogP contribution in [-0.2, 0) is 6.54 Å². The van der Waals surface area contributed by atoms with E-state index < -0.39 is 0 Å². The summed E-state index contributed by atoms with van der Waals surface area (Å²) in [4.78, 5) is 23.6. The Morgan fingerprint density at radius 1 is 1.00 bits per heavy atom. The molecule has 0 spiro atoms. The first kappa shape index (κ1) is 16.3. The molecule has 5 heteroatoms. The van der Waals surface area contributed by atoms with Crippen LogP contribution in [0, 0.1) is 0 Å². The fourth-order valence-electron chi connectivity index (χ4n) is 2.75. The van der Waals surface area contributed by atoms with E-state index in [-0.39, 0.29) is 5.91 Å². The van der Waals surface area contributed by atoms with Crippen molar-refractivity contribution in [3.05, 3.63) is 84.2 Å². The molecule has 1 heterocycles. The Hall–Kier alpha value is -3.21. The minimum atomic E-state index is -0.138. The molecule has 1 aliphatic carbocycles. The number of benzene rings is 2. The van der Waals surface area contributed by atoms with Crippen LogP contribution in [0.3, 0.4) is 0 Å². The number of anilines is 2. The molecule has 5 nitrogen and oxygen atoms in total. The van der Waals surface area contributed by atoms with Crippen LogP contribution in [0.1, 0.15) is 28.9 Å². The third-order valence-corrected chi connectivity index (χ3v) is 4.28. The van der Waals surface area contributed by atoms with Gasteiger partial charge in [-0.25, -0.2) is 9.97 Å². The Labute approximate surface area is 152 Å². The Bertz CT molecular complexity index is 879. The Kier molecular flexibility index (Phi) is 4.60. The summed E-state index contributed by atoms with van der Waals surface area (Å²) in [6.07, 6.45) is 3.90. The molecule has 4 rings (SSSR count). The lowest BCUT2D eigenvalue weighted by Crippen LogP contribution is -2.31. The van der Waals surface area contributed by atoms with Gasteiger partial charge in [0, 0.05) is 17.9 Å². The van der Waals surface area contributed by atoms with Gasteiger partial charge in [-0.15, -0.1) is 0 Å². The summed E-state index contributed by atoms with van der Waals surface area (Å²) in [5.74, 6) is 0.382. The topological polar surface area (TPSA) is 58.1 Å². The highest BCUT2D eigenvalue weighted by Gasteiger charge is 2.24. The molecule has 0 aliphatic heterocycles. The number of aromatic nitrogens is 2. The van der Waals surface area contributed by atoms with Crippen LogP contribution in [-0.4, -0.2) is 21.9 Å². The van der Waals surface area contributed by atoms with Crippen LogP contribution in [0.5, 0.6) is 0 Å². The maximum Gasteiger partial charge on any atom is 0.277 e. The average molecular weight is 344 g/mol. The molecule has 130 valence electrons. The second-order valence-corrected chi connectivity index (χ2v) is 6.40. The number of hydrogen-bond donors (Lipinski definition) is 1. The highest BCUT2D eigenvalue weighted by Crippen LogP contribution is 2.23. The van der Waals surface area contributed by atoms with E-state index in [2.05, 4.69) is 15.3 Å². The molecule has 2 aromatic carbocycles. The number of nitrogens with one attached hydrogen (secondary N) is 1. The highest BCUT2D eigenvalue weighted by atomic mass is 16.2. The summed E-state index contributed by atoms with van der Waals surface area (Å²) in [5, 5.41) is 3.25. The van der Waals surface area contributed by atoms with Gasteiger partial charge in [-0.1, -0.05) is 48.5 Å². The van der Waals surface area contributed by atoms with Crippen LogP contribution in [0.2, 0.25) is 0 Å². The van der Waals surface area contributed by atoms with Crippen molar-refractivity contribution < 1.29 is 4.79 Å². The molecule has 0 saturated heterocycles. The van der Waals surface area contributed by atoms with Gasteiger partial charge in [0.1, 0.15) is 5.69 Å². The zero-order chi connectivity index (χ0) is 17.8. The van der Waals surface area contributed by atoms with Crippen molar-refractivity contribution in [1.82, 2.24) is 9.97 Å². The smallest absolute Gasteiger partial charge is 0.277 e. The molecule has 1 aromatic heterocycles. The van der Waals surface area contributed by atoms with Crippen molar-refractivity contribution in [2.75, 3.05) is 10.2 Å². The van der Waals surface area contributed by atoms with E-state index in [9.17, 15) is 4.79 Å². The van der Waals surface area contributed by atoms with Crippen molar-refractivity contribution in [2.45, 2.75) is 25.4 Å². The van der Waals surface area contributed by atoms with E-state index in [4.69, 9.17) is 0 Å². The first-order valence-corrected chi connectivity index (χ1v) is 8.80. The van der Waals surface area contributed by atoms with Crippen molar-refractivity contribution in [1.29, 1.82) is 0 Å². The van der Waals surface area contributed by atoms with Gasteiger partial charge in [0.25, 0.3) is 5.91 Å². The highest BCUT2D eigenvalue weighted by molar-refractivity contribution is 6.04. The molecule has 1 fully saturated rings. The zero-order valence-corrected chi connectivity index (χ0v) is 14.4. The molecule has 1 N–H and O–H groups in total. The summed E-state index contributed by atoms with van der Waals surface area (Å²) in [7, 11) is 0. The lowest BCUT2D eigenvalue weighted by Gasteiger charge is -2.23. The minimum Gasteiger partial charge on any atom is -0.351 e. The summed E-state index contributed by atoms with van der Waals surface area (Å²) in [6, 6.07) is 21.7. The van der Waals surface area contributed by atoms with Gasteiger partial charge in [-0.3, -0.25) is 4.79 Å². The van der Waals surface area contributed by atoms with Gasteiger partial charge in [-0.2, -0.15) is 0 Å². The van der Waals surface area contributed by atoms with Crippen molar-refractivity contribution in [2.24, 2.45) is 0 Å². The maximum absolute atomic E-state index is 13.2. The van der Waals surface area contributed by atoms with Crippen LogP contribution in [0.15, 0.2) is 72.9 Å². The molecule has 0 bridgehead atoms. The molecular weight excluding hydrogens is 324 g/mol. The molecular formula is C21H20N4O. The van der Waals surface area contributed by atoms with Crippen LogP contribution in [0.4, 0.5) is 11.6 Å². The van der Waals surface area contributed by atoms with E-state index in [1.807, 2.05) is 60.7 Å². The quantitative estimate of drug-likeness (QED) is 0.737. The second-order valence-electron chi connectivity index (χ2n) is 6.40. The van der Waals surface area contributed by atoms with Crippen LogP contribution in [0.25, 0.3) is 0 Å². The van der Waals surface area contributed by atoms with E-state index in [0.29, 0.717) is 24.2 Å².